The third-order valence-corrected chi connectivity index (χ3v) is 0.341. The minimum atomic E-state index is -1.92. The number of hydrogen-bond donors (Lipinski definition) is 4. The molecule has 0 aliphatic rings. The molecule has 4 N–H and O–H groups in total. The highest BCUT2D eigenvalue weighted by molar-refractivity contribution is 5.82. The van der Waals surface area contributed by atoms with Crippen LogP contribution in [0.2, 0.25) is 0 Å². The van der Waals surface area contributed by atoms with Crippen molar-refractivity contribution in [1.29, 1.82) is 0 Å². The van der Waals surface area contributed by atoms with Crippen LogP contribution in [0.1, 0.15) is 0 Å². The summed E-state index contributed by atoms with van der Waals surface area (Å²) in [7, 11) is 0. The van der Waals surface area contributed by atoms with Gasteiger partial charge in [-0.1, -0.05) is 0 Å². The van der Waals surface area contributed by atoms with Crippen LogP contribution in [-0.4, -0.2) is 45.0 Å². The fraction of sp³-hybridized carbons (Fsp3) is 0. The zero-order valence-electron chi connectivity index (χ0n) is 6.24. The SMILES string of the molecule is O=C(O)O.O=C(O)OC(=O)OC(=O)O. The van der Waals surface area contributed by atoms with E-state index in [2.05, 4.69) is 9.47 Å². The van der Waals surface area contributed by atoms with Crippen LogP contribution in [-0.2, 0) is 9.47 Å². The average Bonchev–Trinajstić information content (AvgIpc) is 1.79. The van der Waals surface area contributed by atoms with Crippen LogP contribution in [0.25, 0.3) is 0 Å². The second-order valence-electron chi connectivity index (χ2n) is 1.27. The summed E-state index contributed by atoms with van der Waals surface area (Å²) in [5.41, 5.74) is 0. The Bertz CT molecular complexity index is 219. The Hall–Kier alpha value is -2.52. The van der Waals surface area contributed by atoms with Crippen molar-refractivity contribution in [1.82, 2.24) is 0 Å². The van der Waals surface area contributed by atoms with Crippen molar-refractivity contribution >= 4 is 24.6 Å². The molecule has 0 unspecified atom stereocenters. The van der Waals surface area contributed by atoms with Gasteiger partial charge in [0, 0.05) is 0 Å². The van der Waals surface area contributed by atoms with E-state index in [9.17, 15) is 14.4 Å². The van der Waals surface area contributed by atoms with Crippen molar-refractivity contribution in [3.05, 3.63) is 0 Å². The van der Waals surface area contributed by atoms with Gasteiger partial charge in [0.2, 0.25) is 0 Å². The van der Waals surface area contributed by atoms with Gasteiger partial charge in [-0.15, -0.1) is 0 Å². The normalized spacial score (nSPS) is 7.43. The summed E-state index contributed by atoms with van der Waals surface area (Å²) in [6.07, 6.45) is -7.47. The van der Waals surface area contributed by atoms with Crippen LogP contribution < -0.4 is 0 Å². The predicted octanol–water partition coefficient (Wildman–Crippen LogP) is 0.718. The third kappa shape index (κ3) is 22.7. The molecule has 80 valence electrons. The van der Waals surface area contributed by atoms with E-state index in [0.29, 0.717) is 0 Å². The molecule has 10 nitrogen and oxygen atoms in total. The first-order chi connectivity index (χ1) is 6.25. The van der Waals surface area contributed by atoms with Gasteiger partial charge in [0.05, 0.1) is 0 Å². The molecule has 0 aromatic rings. The van der Waals surface area contributed by atoms with Gasteiger partial charge in [0.15, 0.2) is 0 Å². The lowest BCUT2D eigenvalue weighted by molar-refractivity contribution is 0.0548. The lowest BCUT2D eigenvalue weighted by atomic mass is 11.2. The summed E-state index contributed by atoms with van der Waals surface area (Å²) in [5.74, 6) is 0. The quantitative estimate of drug-likeness (QED) is 0.331. The van der Waals surface area contributed by atoms with Crippen LogP contribution in [0.3, 0.4) is 0 Å². The number of rotatable bonds is 0. The molecular formula is C4H4O10. The number of ether oxygens (including phenoxy) is 2. The molecule has 0 fully saturated rings. The van der Waals surface area contributed by atoms with Crippen LogP contribution in [0, 0.1) is 0 Å². The summed E-state index contributed by atoms with van der Waals surface area (Å²) >= 11 is 0. The van der Waals surface area contributed by atoms with E-state index in [1.54, 1.807) is 0 Å². The number of carboxylic acid groups (broad SMARTS) is 4. The standard InChI is InChI=1S/C3H2O7.CH2O3/c4-1(5)9-3(8)10-2(6)7;2-1(3)4/h(H,4,5)(H,6,7);(H2,2,3,4). The minimum absolute atomic E-state index is 1.79. The molecule has 0 bridgehead atoms. The Kier molecular flexibility index (Phi) is 7.16. The van der Waals surface area contributed by atoms with Crippen LogP contribution in [0.5, 0.6) is 0 Å². The summed E-state index contributed by atoms with van der Waals surface area (Å²) in [5, 5.41) is 29.3. The van der Waals surface area contributed by atoms with Gasteiger partial charge in [-0.2, -0.15) is 0 Å². The topological polar surface area (TPSA) is 168 Å². The summed E-state index contributed by atoms with van der Waals surface area (Å²) in [6, 6.07) is 0. The number of carbonyl (C=O) groups is 4. The number of hydrogen-bond acceptors (Lipinski definition) is 6. The van der Waals surface area contributed by atoms with E-state index < -0.39 is 24.6 Å². The number of carbonyl (C=O) groups excluding carboxylic acids is 1. The summed E-state index contributed by atoms with van der Waals surface area (Å²) < 4.78 is 6.47. The Labute approximate surface area is 74.9 Å². The lowest BCUT2D eigenvalue weighted by Gasteiger charge is -1.93. The zero-order chi connectivity index (χ0) is 11.7. The van der Waals surface area contributed by atoms with E-state index in [4.69, 9.17) is 25.2 Å². The molecule has 0 rings (SSSR count). The van der Waals surface area contributed by atoms with Gasteiger partial charge < -0.3 is 29.9 Å². The second-order valence-corrected chi connectivity index (χ2v) is 1.27. The van der Waals surface area contributed by atoms with Gasteiger partial charge in [0.1, 0.15) is 0 Å². The largest absolute Gasteiger partial charge is 0.528 e. The smallest absolute Gasteiger partial charge is 0.450 e. The highest BCUT2D eigenvalue weighted by atomic mass is 16.8. The van der Waals surface area contributed by atoms with Crippen LogP contribution in [0.4, 0.5) is 19.2 Å². The molecule has 0 aliphatic carbocycles. The van der Waals surface area contributed by atoms with Gasteiger partial charge in [0.25, 0.3) is 0 Å². The predicted molar refractivity (Wildman–Crippen MR) is 34.3 cm³/mol. The highest BCUT2D eigenvalue weighted by Gasteiger charge is 2.13. The average molecular weight is 212 g/mol. The Balaban J connectivity index is 0. The van der Waals surface area contributed by atoms with E-state index in [-0.39, 0.29) is 0 Å². The van der Waals surface area contributed by atoms with Crippen molar-refractivity contribution in [2.75, 3.05) is 0 Å². The van der Waals surface area contributed by atoms with Crippen molar-refractivity contribution < 1.29 is 49.1 Å². The minimum Gasteiger partial charge on any atom is -0.450 e. The van der Waals surface area contributed by atoms with Gasteiger partial charge in [-0.3, -0.25) is 0 Å². The maximum Gasteiger partial charge on any atom is 0.528 e. The van der Waals surface area contributed by atoms with E-state index in [1.165, 1.54) is 0 Å². The Morgan fingerprint density at radius 3 is 1.07 bits per heavy atom. The first-order valence-electron chi connectivity index (χ1n) is 2.53. The first-order valence-corrected chi connectivity index (χ1v) is 2.53. The van der Waals surface area contributed by atoms with Gasteiger partial charge in [-0.25, -0.2) is 19.2 Å². The van der Waals surface area contributed by atoms with E-state index >= 15 is 0 Å². The van der Waals surface area contributed by atoms with Crippen LogP contribution >= 0.6 is 0 Å². The molecule has 0 amide bonds. The highest BCUT2D eigenvalue weighted by Crippen LogP contribution is 1.85. The molecule has 10 heteroatoms. The van der Waals surface area contributed by atoms with E-state index in [1.807, 2.05) is 0 Å². The van der Waals surface area contributed by atoms with Crippen LogP contribution in [0.15, 0.2) is 0 Å². The van der Waals surface area contributed by atoms with Crippen molar-refractivity contribution in [3.8, 4) is 0 Å². The molecule has 0 saturated carbocycles. The zero-order valence-corrected chi connectivity index (χ0v) is 6.24. The molecule has 0 heterocycles. The summed E-state index contributed by atoms with van der Waals surface area (Å²) in [6.45, 7) is 0. The van der Waals surface area contributed by atoms with Crippen molar-refractivity contribution in [3.63, 3.8) is 0 Å². The molecule has 0 radical (unpaired) electrons. The maximum atomic E-state index is 9.86. The molecule has 0 aliphatic heterocycles. The Morgan fingerprint density at radius 2 is 0.929 bits per heavy atom. The van der Waals surface area contributed by atoms with E-state index in [0.717, 1.165) is 0 Å². The molecular weight excluding hydrogens is 208 g/mol. The monoisotopic (exact) mass is 212 g/mol. The molecule has 0 atom stereocenters. The first kappa shape index (κ1) is 14.0. The maximum absolute atomic E-state index is 9.86. The molecule has 0 aromatic heterocycles. The molecule has 0 spiro atoms. The Morgan fingerprint density at radius 1 is 0.714 bits per heavy atom. The third-order valence-electron chi connectivity index (χ3n) is 0.341. The van der Waals surface area contributed by atoms with Gasteiger partial charge >= 0.3 is 24.6 Å². The molecule has 0 saturated heterocycles. The fourth-order valence-electron chi connectivity index (χ4n) is 0.163. The second kappa shape index (κ2) is 7.15. The van der Waals surface area contributed by atoms with Crippen molar-refractivity contribution in [2.24, 2.45) is 0 Å². The lowest BCUT2D eigenvalue weighted by Crippen LogP contribution is -2.14. The van der Waals surface area contributed by atoms with Crippen molar-refractivity contribution in [2.45, 2.75) is 0 Å². The fourth-order valence-corrected chi connectivity index (χ4v) is 0.163. The molecule has 14 heavy (non-hydrogen) atoms. The summed E-state index contributed by atoms with van der Waals surface area (Å²) in [4.78, 5) is 37.4. The van der Waals surface area contributed by atoms with Gasteiger partial charge in [-0.05, 0) is 0 Å². The molecule has 0 aromatic carbocycles.